The lowest BCUT2D eigenvalue weighted by Gasteiger charge is -2.31. The fraction of sp³-hybridized carbons (Fsp3) is 0.483. The first-order valence-electron chi connectivity index (χ1n) is 14.6. The fourth-order valence-electron chi connectivity index (χ4n) is 5.47. The minimum atomic E-state index is -4.14. The second-order valence-corrected chi connectivity index (χ2v) is 12.9. The van der Waals surface area contributed by atoms with Crippen molar-refractivity contribution < 1.29 is 22.5 Å². The minimum absolute atomic E-state index is 0.0218. The van der Waals surface area contributed by atoms with E-state index >= 15 is 0 Å². The highest BCUT2D eigenvalue weighted by Crippen LogP contribution is 2.28. The Morgan fingerprint density at radius 2 is 2.00 bits per heavy atom. The molecule has 5 rings (SSSR count). The van der Waals surface area contributed by atoms with Gasteiger partial charge in [-0.3, -0.25) is 9.59 Å². The number of likely N-dealkylation sites (tertiary alicyclic amines) is 1. The van der Waals surface area contributed by atoms with Gasteiger partial charge in [0, 0.05) is 45.6 Å². The summed E-state index contributed by atoms with van der Waals surface area (Å²) < 4.78 is 34.8. The zero-order valence-electron chi connectivity index (χ0n) is 24.2. The van der Waals surface area contributed by atoms with E-state index in [0.717, 1.165) is 43.0 Å². The summed E-state index contributed by atoms with van der Waals surface area (Å²) in [6.45, 7) is 3.91. The van der Waals surface area contributed by atoms with Crippen molar-refractivity contribution in [3.05, 3.63) is 54.2 Å². The number of rotatable bonds is 13. The maximum absolute atomic E-state index is 14.0. The molecule has 2 fully saturated rings. The maximum atomic E-state index is 14.0. The first-order valence-corrected chi connectivity index (χ1v) is 16.0. The molecule has 14 heteroatoms. The van der Waals surface area contributed by atoms with E-state index in [4.69, 9.17) is 10.4 Å². The number of amides is 2. The van der Waals surface area contributed by atoms with Crippen LogP contribution in [0.15, 0.2) is 57.0 Å². The summed E-state index contributed by atoms with van der Waals surface area (Å²) in [6.07, 6.45) is 5.07. The summed E-state index contributed by atoms with van der Waals surface area (Å²) >= 11 is 0. The van der Waals surface area contributed by atoms with E-state index in [1.165, 1.54) is 6.07 Å². The highest BCUT2D eigenvalue weighted by atomic mass is 32.2. The van der Waals surface area contributed by atoms with E-state index in [2.05, 4.69) is 25.3 Å². The van der Waals surface area contributed by atoms with Crippen LogP contribution in [0.1, 0.15) is 43.8 Å². The summed E-state index contributed by atoms with van der Waals surface area (Å²) in [5.74, 6) is 5.49. The van der Waals surface area contributed by atoms with Gasteiger partial charge in [-0.15, -0.1) is 0 Å². The van der Waals surface area contributed by atoms with E-state index < -0.39 is 27.9 Å². The van der Waals surface area contributed by atoms with E-state index in [1.54, 1.807) is 30.3 Å². The smallest absolute Gasteiger partial charge is 0.241 e. The average Bonchev–Trinajstić information content (AvgIpc) is 3.75. The van der Waals surface area contributed by atoms with E-state index in [-0.39, 0.29) is 29.8 Å². The number of hydrogen-bond acceptors (Lipinski definition) is 9. The second-order valence-electron chi connectivity index (χ2n) is 11.2. The molecule has 4 N–H and O–H groups in total. The number of hydrogen-bond donors (Lipinski definition) is 3. The Bertz CT molecular complexity index is 1570. The van der Waals surface area contributed by atoms with Gasteiger partial charge in [0.15, 0.2) is 5.82 Å². The van der Waals surface area contributed by atoms with Crippen molar-refractivity contribution in [3.63, 3.8) is 0 Å². The van der Waals surface area contributed by atoms with Crippen LogP contribution < -0.4 is 15.9 Å². The van der Waals surface area contributed by atoms with Crippen molar-refractivity contribution in [2.45, 2.75) is 62.4 Å². The van der Waals surface area contributed by atoms with E-state index in [0.29, 0.717) is 31.2 Å². The summed E-state index contributed by atoms with van der Waals surface area (Å²) in [7, 11) is -4.14. The molecule has 1 aliphatic carbocycles. The minimum Gasteiger partial charge on any atom is -0.361 e. The largest absolute Gasteiger partial charge is 0.361 e. The standard InChI is InChI=1S/C29H38N8O5S/c1-20-33-27(34-42-20)12-14-37(24-9-10-24)29(39)26(16-28(38)31-17-21-5-4-13-36(18-21)19-32-30)35-43(40,41)25-11-8-22-6-2-3-7-23(22)15-25/h2-3,6-8,11,15,19,21,24,26,35H,4-5,9-10,12-14,16-18,30H2,1H3,(H,31,38)/t21-,26-/m0/s1. The molecule has 1 saturated heterocycles. The molecule has 3 aromatic rings. The first kappa shape index (κ1) is 30.4. The van der Waals surface area contributed by atoms with Crippen molar-refractivity contribution in [1.82, 2.24) is 30.0 Å². The number of piperidine rings is 1. The third-order valence-corrected chi connectivity index (χ3v) is 9.27. The molecule has 1 aromatic heterocycles. The third-order valence-electron chi connectivity index (χ3n) is 7.80. The number of nitrogens with zero attached hydrogens (tertiary/aromatic N) is 5. The van der Waals surface area contributed by atoms with Crippen LogP contribution in [0.3, 0.4) is 0 Å². The number of aromatic nitrogens is 2. The molecule has 2 aromatic carbocycles. The summed E-state index contributed by atoms with van der Waals surface area (Å²) in [5.41, 5.74) is 0. The van der Waals surface area contributed by atoms with Gasteiger partial charge in [-0.25, -0.2) is 8.42 Å². The highest BCUT2D eigenvalue weighted by molar-refractivity contribution is 7.89. The molecule has 2 atom stereocenters. The van der Waals surface area contributed by atoms with Gasteiger partial charge in [0.25, 0.3) is 0 Å². The number of carbonyl (C=O) groups excluding carboxylic acids is 2. The van der Waals surface area contributed by atoms with Gasteiger partial charge in [0.1, 0.15) is 12.4 Å². The van der Waals surface area contributed by atoms with Gasteiger partial charge in [0.2, 0.25) is 27.7 Å². The molecule has 230 valence electrons. The molecule has 0 bridgehead atoms. The molecule has 13 nitrogen and oxygen atoms in total. The average molecular weight is 611 g/mol. The Balaban J connectivity index is 1.32. The summed E-state index contributed by atoms with van der Waals surface area (Å²) in [5, 5.41) is 12.1. The molecule has 0 spiro atoms. The molecule has 2 aliphatic rings. The topological polar surface area (TPSA) is 176 Å². The first-order chi connectivity index (χ1) is 20.7. The fourth-order valence-corrected chi connectivity index (χ4v) is 6.69. The van der Waals surface area contributed by atoms with Crippen LogP contribution >= 0.6 is 0 Å². The monoisotopic (exact) mass is 610 g/mol. The molecule has 1 aliphatic heterocycles. The number of sulfonamides is 1. The van der Waals surface area contributed by atoms with E-state index in [1.807, 2.05) is 29.2 Å². The Morgan fingerprint density at radius 1 is 1.21 bits per heavy atom. The predicted molar refractivity (Wildman–Crippen MR) is 160 cm³/mol. The molecule has 1 saturated carbocycles. The highest BCUT2D eigenvalue weighted by Gasteiger charge is 2.38. The van der Waals surface area contributed by atoms with Crippen LogP contribution in [-0.2, 0) is 26.0 Å². The number of benzene rings is 2. The van der Waals surface area contributed by atoms with Crippen LogP contribution in [0.4, 0.5) is 0 Å². The van der Waals surface area contributed by atoms with Gasteiger partial charge >= 0.3 is 0 Å². The van der Waals surface area contributed by atoms with Crippen LogP contribution in [0.5, 0.6) is 0 Å². The lowest BCUT2D eigenvalue weighted by molar-refractivity contribution is -0.136. The van der Waals surface area contributed by atoms with Crippen LogP contribution in [0.25, 0.3) is 10.8 Å². The second kappa shape index (κ2) is 13.5. The van der Waals surface area contributed by atoms with Crippen molar-refractivity contribution in [1.29, 1.82) is 0 Å². The Morgan fingerprint density at radius 3 is 2.72 bits per heavy atom. The lowest BCUT2D eigenvalue weighted by Crippen LogP contribution is -2.52. The zero-order valence-corrected chi connectivity index (χ0v) is 25.0. The van der Waals surface area contributed by atoms with Gasteiger partial charge in [0.05, 0.1) is 11.3 Å². The Hall–Kier alpha value is -4.04. The number of nitrogens with one attached hydrogen (secondary N) is 2. The number of nitrogens with two attached hydrogens (primary N) is 1. The van der Waals surface area contributed by atoms with Crippen molar-refractivity contribution in [3.8, 4) is 0 Å². The molecular weight excluding hydrogens is 572 g/mol. The van der Waals surface area contributed by atoms with Gasteiger partial charge in [-0.05, 0) is 54.5 Å². The molecular formula is C29H38N8O5S. The van der Waals surface area contributed by atoms with Crippen molar-refractivity contribution >= 4 is 38.9 Å². The molecule has 0 radical (unpaired) electrons. The van der Waals surface area contributed by atoms with E-state index in [9.17, 15) is 18.0 Å². The number of hydrazone groups is 1. The molecule has 43 heavy (non-hydrogen) atoms. The zero-order chi connectivity index (χ0) is 30.4. The van der Waals surface area contributed by atoms with Gasteiger partial charge in [-0.2, -0.15) is 14.8 Å². The van der Waals surface area contributed by atoms with Crippen molar-refractivity contribution in [2.24, 2.45) is 16.9 Å². The third kappa shape index (κ3) is 8.08. The Labute approximate surface area is 250 Å². The summed E-state index contributed by atoms with van der Waals surface area (Å²) in [6, 6.07) is 10.9. The van der Waals surface area contributed by atoms with Crippen LogP contribution in [-0.4, -0.2) is 84.8 Å². The molecule has 2 heterocycles. The number of carbonyl (C=O) groups is 2. The number of fused-ring (bicyclic) bond motifs is 1. The van der Waals surface area contributed by atoms with Crippen LogP contribution in [0.2, 0.25) is 0 Å². The van der Waals surface area contributed by atoms with Crippen LogP contribution in [0, 0.1) is 12.8 Å². The normalized spacial score (nSPS) is 18.2. The number of aryl methyl sites for hydroxylation is 1. The lowest BCUT2D eigenvalue weighted by atomic mass is 9.98. The van der Waals surface area contributed by atoms with Gasteiger partial charge in [-0.1, -0.05) is 35.5 Å². The van der Waals surface area contributed by atoms with Crippen molar-refractivity contribution in [2.75, 3.05) is 26.2 Å². The predicted octanol–water partition coefficient (Wildman–Crippen LogP) is 1.53. The Kier molecular flexibility index (Phi) is 9.56. The molecule has 2 amide bonds. The summed E-state index contributed by atoms with van der Waals surface area (Å²) in [4.78, 5) is 35.0. The molecule has 0 unspecified atom stereocenters. The quantitative estimate of drug-likeness (QED) is 0.112. The van der Waals surface area contributed by atoms with Gasteiger partial charge < -0.3 is 25.5 Å². The SMILES string of the molecule is Cc1nc(CCN(C(=O)[C@H](CC(=O)NC[C@@H]2CCCN(C=NN)C2)NS(=O)(=O)c2ccc3ccccc3c2)C2CC2)no1. The maximum Gasteiger partial charge on any atom is 0.241 e.